The average Bonchev–Trinajstić information content (AvgIpc) is 2.86. The fourth-order valence-electron chi connectivity index (χ4n) is 5.42. The van der Waals surface area contributed by atoms with Crippen LogP contribution in [-0.4, -0.2) is 44.8 Å². The van der Waals surface area contributed by atoms with Gasteiger partial charge in [-0.15, -0.1) is 0 Å². The largest absolute Gasteiger partial charge is 0.384 e. The smallest absolute Gasteiger partial charge is 0.277 e. The van der Waals surface area contributed by atoms with Crippen LogP contribution in [0.5, 0.6) is 0 Å². The van der Waals surface area contributed by atoms with Crippen LogP contribution in [0.25, 0.3) is 22.3 Å². The molecule has 3 aromatic rings. The molecule has 1 aliphatic rings. The van der Waals surface area contributed by atoms with Crippen LogP contribution in [0.15, 0.2) is 47.3 Å². The van der Waals surface area contributed by atoms with Gasteiger partial charge in [-0.2, -0.15) is 0 Å². The second-order valence-electron chi connectivity index (χ2n) is 10.2. The van der Waals surface area contributed by atoms with Crippen LogP contribution >= 0.6 is 0 Å². The normalized spacial score (nSPS) is 18.1. The summed E-state index contributed by atoms with van der Waals surface area (Å²) >= 11 is 0. The first-order valence-corrected chi connectivity index (χ1v) is 13.3. The molecule has 0 unspecified atom stereocenters. The van der Waals surface area contributed by atoms with Gasteiger partial charge in [-0.3, -0.25) is 19.9 Å². The highest BCUT2D eigenvalue weighted by Crippen LogP contribution is 2.24. The van der Waals surface area contributed by atoms with E-state index in [1.807, 2.05) is 18.2 Å². The van der Waals surface area contributed by atoms with E-state index in [4.69, 9.17) is 11.1 Å². The summed E-state index contributed by atoms with van der Waals surface area (Å²) in [5.41, 5.74) is 9.01. The molecule has 37 heavy (non-hydrogen) atoms. The van der Waals surface area contributed by atoms with Gasteiger partial charge in [0.2, 0.25) is 5.91 Å². The first-order chi connectivity index (χ1) is 17.7. The number of aryl methyl sites for hydroxylation is 1. The highest BCUT2D eigenvalue weighted by molar-refractivity contribution is 5.96. The molecule has 0 spiro atoms. The van der Waals surface area contributed by atoms with Gasteiger partial charge in [-0.25, -0.2) is 4.98 Å². The van der Waals surface area contributed by atoms with Gasteiger partial charge >= 0.3 is 0 Å². The molecule has 2 aromatic carbocycles. The molecule has 1 aromatic heterocycles. The minimum absolute atomic E-state index is 0.0553. The monoisotopic (exact) mass is 502 g/mol. The van der Waals surface area contributed by atoms with Crippen molar-refractivity contribution in [1.29, 1.82) is 5.41 Å². The Bertz CT molecular complexity index is 1340. The van der Waals surface area contributed by atoms with Gasteiger partial charge in [0.15, 0.2) is 0 Å². The third kappa shape index (κ3) is 6.25. The summed E-state index contributed by atoms with van der Waals surface area (Å²) in [6.45, 7) is 7.77. The number of unbranched alkanes of at least 4 members (excludes halogenated alkanes) is 2. The lowest BCUT2D eigenvalue weighted by Gasteiger charge is -2.39. The van der Waals surface area contributed by atoms with Crippen LogP contribution in [0.1, 0.15) is 64.9 Å². The number of hydrogen-bond donors (Lipinski definition) is 3. The van der Waals surface area contributed by atoms with Gasteiger partial charge in [0.05, 0.1) is 11.0 Å². The summed E-state index contributed by atoms with van der Waals surface area (Å²) in [6, 6.07) is 13.8. The van der Waals surface area contributed by atoms with E-state index < -0.39 is 0 Å². The van der Waals surface area contributed by atoms with Gasteiger partial charge in [0.25, 0.3) is 5.56 Å². The van der Waals surface area contributed by atoms with Crippen LogP contribution in [0.2, 0.25) is 0 Å². The van der Waals surface area contributed by atoms with Crippen LogP contribution in [-0.2, 0) is 11.3 Å². The maximum absolute atomic E-state index is 13.7. The molecule has 1 aliphatic heterocycles. The second-order valence-corrected chi connectivity index (χ2v) is 10.2. The lowest BCUT2D eigenvalue weighted by molar-refractivity contribution is -0.114. The van der Waals surface area contributed by atoms with Crippen molar-refractivity contribution < 1.29 is 4.79 Å². The van der Waals surface area contributed by atoms with Crippen LogP contribution < -0.4 is 16.6 Å². The highest BCUT2D eigenvalue weighted by Gasteiger charge is 2.23. The Hall–Kier alpha value is -3.52. The van der Waals surface area contributed by atoms with Crippen LogP contribution in [0.4, 0.5) is 5.69 Å². The van der Waals surface area contributed by atoms with E-state index in [0.717, 1.165) is 25.8 Å². The summed E-state index contributed by atoms with van der Waals surface area (Å²) < 4.78 is 1.77. The second kappa shape index (κ2) is 11.7. The van der Waals surface area contributed by atoms with E-state index in [-0.39, 0.29) is 17.3 Å². The number of benzene rings is 2. The van der Waals surface area contributed by atoms with Crippen molar-refractivity contribution in [2.24, 2.45) is 5.73 Å². The van der Waals surface area contributed by atoms with Gasteiger partial charge in [0.1, 0.15) is 11.5 Å². The maximum Gasteiger partial charge on any atom is 0.277 e. The van der Waals surface area contributed by atoms with E-state index in [2.05, 4.69) is 29.0 Å². The minimum atomic E-state index is -0.188. The summed E-state index contributed by atoms with van der Waals surface area (Å²) in [4.78, 5) is 32.6. The zero-order valence-corrected chi connectivity index (χ0v) is 22.1. The summed E-state index contributed by atoms with van der Waals surface area (Å²) in [5, 5.41) is 10.6. The number of nitrogens with one attached hydrogen (secondary N) is 2. The summed E-state index contributed by atoms with van der Waals surface area (Å²) in [5.74, 6) is -0.222. The quantitative estimate of drug-likeness (QED) is 0.222. The molecular formula is C29H38N6O2. The Labute approximate surface area is 218 Å². The van der Waals surface area contributed by atoms with Crippen LogP contribution in [0, 0.1) is 5.41 Å². The molecule has 4 rings (SSSR count). The molecule has 2 heterocycles. The number of likely N-dealkylation sites (tertiary alicyclic amines) is 1. The Morgan fingerprint density at radius 1 is 1.08 bits per heavy atom. The van der Waals surface area contributed by atoms with Crippen molar-refractivity contribution in [3.8, 4) is 11.3 Å². The number of rotatable bonds is 9. The number of nitrogen functional groups attached to an aromatic ring is 1. The number of amidine groups is 1. The molecule has 1 fully saturated rings. The number of anilines is 1. The van der Waals surface area contributed by atoms with Crippen molar-refractivity contribution >= 4 is 28.5 Å². The lowest BCUT2D eigenvalue weighted by Crippen LogP contribution is -2.44. The third-order valence-corrected chi connectivity index (χ3v) is 7.39. The maximum atomic E-state index is 13.7. The molecule has 0 saturated carbocycles. The molecule has 4 N–H and O–H groups in total. The fourth-order valence-corrected chi connectivity index (χ4v) is 5.42. The van der Waals surface area contributed by atoms with E-state index in [9.17, 15) is 9.59 Å². The van der Waals surface area contributed by atoms with Gasteiger partial charge in [0, 0.05) is 42.4 Å². The van der Waals surface area contributed by atoms with E-state index in [1.165, 1.54) is 26.2 Å². The van der Waals surface area contributed by atoms with E-state index >= 15 is 0 Å². The Balaban J connectivity index is 1.61. The number of carbonyl (C=O) groups is 1. The predicted octanol–water partition coefficient (Wildman–Crippen LogP) is 4.74. The highest BCUT2D eigenvalue weighted by atomic mass is 16.1. The van der Waals surface area contributed by atoms with Crippen molar-refractivity contribution in [1.82, 2.24) is 14.5 Å². The molecule has 196 valence electrons. The molecule has 8 nitrogen and oxygen atoms in total. The molecular weight excluding hydrogens is 464 g/mol. The van der Waals surface area contributed by atoms with Gasteiger partial charge < -0.3 is 15.6 Å². The Morgan fingerprint density at radius 2 is 1.81 bits per heavy atom. The van der Waals surface area contributed by atoms with Crippen molar-refractivity contribution in [2.45, 2.75) is 77.9 Å². The number of carbonyl (C=O) groups excluding carboxylic acids is 1. The topological polar surface area (TPSA) is 117 Å². The number of nitrogens with zero attached hydrogens (tertiary/aromatic N) is 3. The molecule has 1 saturated heterocycles. The summed E-state index contributed by atoms with van der Waals surface area (Å²) in [7, 11) is 0. The molecule has 2 atom stereocenters. The number of hydrogen-bond acceptors (Lipinski definition) is 5. The number of piperidine rings is 1. The molecule has 0 aliphatic carbocycles. The first kappa shape index (κ1) is 26.5. The van der Waals surface area contributed by atoms with Crippen LogP contribution in [0.3, 0.4) is 0 Å². The van der Waals surface area contributed by atoms with Gasteiger partial charge in [-0.1, -0.05) is 31.0 Å². The Morgan fingerprint density at radius 3 is 2.51 bits per heavy atom. The van der Waals surface area contributed by atoms with E-state index in [0.29, 0.717) is 52.2 Å². The summed E-state index contributed by atoms with van der Waals surface area (Å²) in [6.07, 6.45) is 6.84. The number of fused-ring (bicyclic) bond motifs is 1. The number of nitrogens with two attached hydrogens (primary N) is 1. The Kier molecular flexibility index (Phi) is 8.38. The zero-order valence-electron chi connectivity index (χ0n) is 22.1. The van der Waals surface area contributed by atoms with Crippen molar-refractivity contribution in [3.05, 3.63) is 58.4 Å². The SMILES string of the molecule is CC(=O)Nc1ccc2nc(-c3cccc(C(=N)N)c3)c(=O)n(CCCCCN3[C@H](C)CCC[C@@H]3C)c2c1. The number of amides is 1. The lowest BCUT2D eigenvalue weighted by atomic mass is 9.97. The first-order valence-electron chi connectivity index (χ1n) is 13.3. The van der Waals surface area contributed by atoms with Gasteiger partial charge in [-0.05, 0) is 70.3 Å². The molecule has 8 heteroatoms. The zero-order chi connectivity index (χ0) is 26.5. The van der Waals surface area contributed by atoms with Crippen molar-refractivity contribution in [3.63, 3.8) is 0 Å². The molecule has 0 radical (unpaired) electrons. The third-order valence-electron chi connectivity index (χ3n) is 7.39. The van der Waals surface area contributed by atoms with Crippen molar-refractivity contribution in [2.75, 3.05) is 11.9 Å². The molecule has 0 bridgehead atoms. The minimum Gasteiger partial charge on any atom is -0.384 e. The standard InChI is InChI=1S/C29H38N6O2/c1-19-9-7-10-20(2)34(19)15-5-4-6-16-35-26-18-24(32-21(3)36)13-14-25(26)33-27(29(35)37)22-11-8-12-23(17-22)28(30)31/h8,11-14,17-20H,4-7,9-10,15-16H2,1-3H3,(H3,30,31)(H,32,36)/t19-,20+. The predicted molar refractivity (Wildman–Crippen MR) is 150 cm³/mol. The fraction of sp³-hybridized carbons (Fsp3) is 0.448. The average molecular weight is 503 g/mol. The number of aromatic nitrogens is 2. The van der Waals surface area contributed by atoms with E-state index in [1.54, 1.807) is 28.8 Å². The molecule has 1 amide bonds.